The lowest BCUT2D eigenvalue weighted by molar-refractivity contribution is -0.124. The zero-order chi connectivity index (χ0) is 19.9. The third-order valence-electron chi connectivity index (χ3n) is 4.75. The Labute approximate surface area is 160 Å². The molecule has 1 saturated heterocycles. The van der Waals surface area contributed by atoms with Gasteiger partial charge in [-0.1, -0.05) is 12.1 Å². The number of halogens is 1. The summed E-state index contributed by atoms with van der Waals surface area (Å²) in [7, 11) is -3.13. The van der Waals surface area contributed by atoms with Crippen molar-refractivity contribution in [3.63, 3.8) is 0 Å². The lowest BCUT2D eigenvalue weighted by Gasteiger charge is -2.13. The Morgan fingerprint density at radius 1 is 1.36 bits per heavy atom. The molecule has 1 aromatic carbocycles. The highest BCUT2D eigenvalue weighted by Crippen LogP contribution is 2.22. The monoisotopic (exact) mass is 403 g/mol. The summed E-state index contributed by atoms with van der Waals surface area (Å²) >= 11 is 0. The van der Waals surface area contributed by atoms with E-state index in [4.69, 9.17) is 0 Å². The van der Waals surface area contributed by atoms with Crippen LogP contribution in [0.15, 0.2) is 36.7 Å². The molecular formula is C18H18FN5O3S. The number of hydrogen-bond donors (Lipinski definition) is 1. The van der Waals surface area contributed by atoms with Crippen LogP contribution in [0.1, 0.15) is 25.2 Å². The number of hydrogen-bond acceptors (Lipinski definition) is 6. The molecule has 3 aromatic rings. The molecule has 28 heavy (non-hydrogen) atoms. The van der Waals surface area contributed by atoms with Crippen LogP contribution in [-0.2, 0) is 14.6 Å². The molecule has 146 valence electrons. The molecule has 8 nitrogen and oxygen atoms in total. The molecule has 0 unspecified atom stereocenters. The van der Waals surface area contributed by atoms with E-state index < -0.39 is 21.8 Å². The van der Waals surface area contributed by atoms with Gasteiger partial charge in [0.05, 0.1) is 29.2 Å². The fraction of sp³-hybridized carbons (Fsp3) is 0.333. The van der Waals surface area contributed by atoms with Gasteiger partial charge in [-0.3, -0.25) is 4.79 Å². The van der Waals surface area contributed by atoms with Crippen LogP contribution in [0.2, 0.25) is 0 Å². The highest BCUT2D eigenvalue weighted by molar-refractivity contribution is 7.91. The Morgan fingerprint density at radius 3 is 2.86 bits per heavy atom. The average Bonchev–Trinajstić information content (AvgIpc) is 3.24. The predicted molar refractivity (Wildman–Crippen MR) is 99.5 cm³/mol. The summed E-state index contributed by atoms with van der Waals surface area (Å²) in [6.07, 6.45) is 1.76. The Bertz CT molecular complexity index is 1160. The summed E-state index contributed by atoms with van der Waals surface area (Å²) in [4.78, 5) is 20.9. The van der Waals surface area contributed by atoms with E-state index in [1.165, 1.54) is 16.9 Å². The highest BCUT2D eigenvalue weighted by Gasteiger charge is 2.33. The molecule has 0 saturated carbocycles. The molecule has 1 aliphatic heterocycles. The third kappa shape index (κ3) is 3.59. The van der Waals surface area contributed by atoms with Gasteiger partial charge >= 0.3 is 0 Å². The van der Waals surface area contributed by atoms with Crippen LogP contribution in [0, 0.1) is 11.7 Å². The van der Waals surface area contributed by atoms with E-state index in [1.54, 1.807) is 31.2 Å². The minimum absolute atomic E-state index is 0.0383. The van der Waals surface area contributed by atoms with Crippen molar-refractivity contribution >= 4 is 21.4 Å². The maximum absolute atomic E-state index is 14.0. The Hall–Kier alpha value is -2.88. The maximum Gasteiger partial charge on any atom is 0.224 e. The predicted octanol–water partition coefficient (Wildman–Crippen LogP) is 1.54. The Balaban J connectivity index is 1.54. The molecule has 2 atom stereocenters. The minimum atomic E-state index is -3.13. The minimum Gasteiger partial charge on any atom is -0.346 e. The van der Waals surface area contributed by atoms with E-state index in [-0.39, 0.29) is 23.2 Å². The highest BCUT2D eigenvalue weighted by atomic mass is 32.2. The summed E-state index contributed by atoms with van der Waals surface area (Å²) in [6.45, 7) is 1.72. The number of rotatable bonds is 4. The third-order valence-corrected chi connectivity index (χ3v) is 6.51. The van der Waals surface area contributed by atoms with Crippen LogP contribution in [0.3, 0.4) is 0 Å². The van der Waals surface area contributed by atoms with Gasteiger partial charge in [-0.2, -0.15) is 0 Å². The molecular weight excluding hydrogens is 385 g/mol. The fourth-order valence-electron chi connectivity index (χ4n) is 3.21. The number of nitrogens with one attached hydrogen (secondary N) is 1. The van der Waals surface area contributed by atoms with Gasteiger partial charge in [0.25, 0.3) is 0 Å². The summed E-state index contributed by atoms with van der Waals surface area (Å²) in [6, 6.07) is 7.42. The molecule has 1 amide bonds. The number of carbonyl (C=O) groups is 1. The van der Waals surface area contributed by atoms with Gasteiger partial charge in [-0.15, -0.1) is 5.10 Å². The first-order chi connectivity index (χ1) is 13.3. The number of sulfone groups is 1. The Morgan fingerprint density at radius 2 is 2.14 bits per heavy atom. The summed E-state index contributed by atoms with van der Waals surface area (Å²) in [5.74, 6) is -0.972. The zero-order valence-electron chi connectivity index (χ0n) is 15.0. The van der Waals surface area contributed by atoms with E-state index in [0.717, 1.165) is 0 Å². The maximum atomic E-state index is 14.0. The molecule has 10 heteroatoms. The van der Waals surface area contributed by atoms with Crippen molar-refractivity contribution in [2.45, 2.75) is 19.4 Å². The molecule has 4 rings (SSSR count). The quantitative estimate of drug-likeness (QED) is 0.708. The van der Waals surface area contributed by atoms with Crippen LogP contribution >= 0.6 is 0 Å². The van der Waals surface area contributed by atoms with Gasteiger partial charge in [0.1, 0.15) is 12.1 Å². The van der Waals surface area contributed by atoms with E-state index >= 15 is 0 Å². The normalized spacial score (nSPS) is 19.6. The first-order valence-corrected chi connectivity index (χ1v) is 10.6. The second-order valence-corrected chi connectivity index (χ2v) is 9.09. The first kappa shape index (κ1) is 18.5. The second-order valence-electron chi connectivity index (χ2n) is 6.86. The standard InChI is InChI=1S/C18H18FN5O3S/c1-11(21-18(25)12-6-7-28(26,27)9-12)17-22-16-8-15(20-10-24(16)23-17)13-4-2-3-5-14(13)19/h2-5,8,10-12H,6-7,9H2,1H3,(H,21,25)/t11-,12-/m1/s1. The molecule has 0 bridgehead atoms. The van der Waals surface area contributed by atoms with Crippen molar-refractivity contribution in [2.75, 3.05) is 11.5 Å². The van der Waals surface area contributed by atoms with E-state index in [2.05, 4.69) is 20.4 Å². The lowest BCUT2D eigenvalue weighted by Crippen LogP contribution is -2.33. The SMILES string of the molecule is C[C@@H](NC(=O)[C@@H]1CCS(=O)(=O)C1)c1nc2cc(-c3ccccc3F)ncn2n1. The molecule has 1 N–H and O–H groups in total. The van der Waals surface area contributed by atoms with Crippen molar-refractivity contribution in [3.8, 4) is 11.3 Å². The number of aromatic nitrogens is 4. The molecule has 1 fully saturated rings. The van der Waals surface area contributed by atoms with Gasteiger partial charge in [0.2, 0.25) is 5.91 Å². The van der Waals surface area contributed by atoms with Gasteiger partial charge in [0, 0.05) is 11.6 Å². The summed E-state index contributed by atoms with van der Waals surface area (Å²) in [5.41, 5.74) is 1.25. The number of carbonyl (C=O) groups excluding carboxylic acids is 1. The van der Waals surface area contributed by atoms with Gasteiger partial charge in [-0.05, 0) is 25.5 Å². The molecule has 2 aromatic heterocycles. The van der Waals surface area contributed by atoms with E-state index in [1.807, 2.05) is 0 Å². The van der Waals surface area contributed by atoms with Crippen LogP contribution in [0.25, 0.3) is 16.9 Å². The van der Waals surface area contributed by atoms with Crippen molar-refractivity contribution < 1.29 is 17.6 Å². The topological polar surface area (TPSA) is 106 Å². The zero-order valence-corrected chi connectivity index (χ0v) is 15.9. The van der Waals surface area contributed by atoms with Crippen LogP contribution in [0.5, 0.6) is 0 Å². The number of fused-ring (bicyclic) bond motifs is 1. The molecule has 0 radical (unpaired) electrons. The largest absolute Gasteiger partial charge is 0.346 e. The smallest absolute Gasteiger partial charge is 0.224 e. The molecule has 1 aliphatic rings. The van der Waals surface area contributed by atoms with E-state index in [0.29, 0.717) is 29.1 Å². The lowest BCUT2D eigenvalue weighted by atomic mass is 10.1. The second kappa shape index (κ2) is 6.93. The average molecular weight is 403 g/mol. The first-order valence-electron chi connectivity index (χ1n) is 8.80. The summed E-state index contributed by atoms with van der Waals surface area (Å²) in [5, 5.41) is 7.06. The van der Waals surface area contributed by atoms with Crippen LogP contribution in [-0.4, -0.2) is 45.4 Å². The van der Waals surface area contributed by atoms with Crippen molar-refractivity contribution in [1.82, 2.24) is 24.9 Å². The summed E-state index contributed by atoms with van der Waals surface area (Å²) < 4.78 is 38.5. The van der Waals surface area contributed by atoms with Gasteiger partial charge in [0.15, 0.2) is 21.3 Å². The van der Waals surface area contributed by atoms with E-state index in [9.17, 15) is 17.6 Å². The van der Waals surface area contributed by atoms with Crippen molar-refractivity contribution in [1.29, 1.82) is 0 Å². The molecule has 3 heterocycles. The van der Waals surface area contributed by atoms with Gasteiger partial charge < -0.3 is 5.32 Å². The molecule has 0 spiro atoms. The van der Waals surface area contributed by atoms with Crippen LogP contribution in [0.4, 0.5) is 4.39 Å². The molecule has 0 aliphatic carbocycles. The number of amides is 1. The van der Waals surface area contributed by atoms with Crippen molar-refractivity contribution in [3.05, 3.63) is 48.3 Å². The Kier molecular flexibility index (Phi) is 4.58. The number of benzene rings is 1. The number of nitrogens with zero attached hydrogens (tertiary/aromatic N) is 4. The van der Waals surface area contributed by atoms with Crippen LogP contribution < -0.4 is 5.32 Å². The van der Waals surface area contributed by atoms with Crippen molar-refractivity contribution in [2.24, 2.45) is 5.92 Å². The van der Waals surface area contributed by atoms with Gasteiger partial charge in [-0.25, -0.2) is 27.3 Å². The fourth-order valence-corrected chi connectivity index (χ4v) is 4.95.